The van der Waals surface area contributed by atoms with Gasteiger partial charge in [-0.1, -0.05) is 36.4 Å². The van der Waals surface area contributed by atoms with E-state index in [0.29, 0.717) is 24.6 Å². The van der Waals surface area contributed by atoms with Crippen LogP contribution in [0.15, 0.2) is 77.2 Å². The number of aromatic nitrogens is 3. The zero-order valence-electron chi connectivity index (χ0n) is 20.7. The van der Waals surface area contributed by atoms with Gasteiger partial charge in [-0.2, -0.15) is 0 Å². The molecule has 9 heteroatoms. The molecule has 0 saturated heterocycles. The minimum absolute atomic E-state index is 0.00559. The first-order valence-electron chi connectivity index (χ1n) is 12.0. The summed E-state index contributed by atoms with van der Waals surface area (Å²) in [5, 5.41) is 11.9. The highest BCUT2D eigenvalue weighted by Crippen LogP contribution is 2.29. The van der Waals surface area contributed by atoms with Crippen molar-refractivity contribution in [3.05, 3.63) is 89.6 Å². The van der Waals surface area contributed by atoms with Crippen LogP contribution in [-0.4, -0.2) is 53.2 Å². The lowest BCUT2D eigenvalue weighted by Gasteiger charge is -2.11. The maximum Gasteiger partial charge on any atom is 0.233 e. The van der Waals surface area contributed by atoms with Crippen molar-refractivity contribution >= 4 is 33.1 Å². The van der Waals surface area contributed by atoms with Crippen molar-refractivity contribution in [2.75, 3.05) is 32.6 Å². The molecule has 0 spiro atoms. The number of thiazole rings is 1. The summed E-state index contributed by atoms with van der Waals surface area (Å²) in [5.74, 6) is 1.23. The number of nitrogens with one attached hydrogen (secondary N) is 1. The van der Waals surface area contributed by atoms with Gasteiger partial charge in [-0.05, 0) is 61.6 Å². The Morgan fingerprint density at radius 1 is 0.973 bits per heavy atom. The first kappa shape index (κ1) is 24.6. The van der Waals surface area contributed by atoms with Gasteiger partial charge in [0, 0.05) is 12.2 Å². The van der Waals surface area contributed by atoms with E-state index < -0.39 is 0 Å². The highest BCUT2D eigenvalue weighted by molar-refractivity contribution is 7.18. The number of nitrogens with zero attached hydrogens (tertiary/aromatic N) is 4. The van der Waals surface area contributed by atoms with E-state index in [2.05, 4.69) is 44.7 Å². The first-order valence-corrected chi connectivity index (χ1v) is 12.8. The standard InChI is InChI=1S/C28H27N5O3S/c1-33(2)14-15-35-22-11-9-21(10-12-22)29-25(34)17-26-31-32-27(36-26)18-28-30-23-13-8-20(16-24(23)37-28)19-6-4-3-5-7-19/h3-13,16H,14-15,17-18H2,1-2H3,(H,29,34). The maximum absolute atomic E-state index is 12.5. The van der Waals surface area contributed by atoms with Crippen molar-refractivity contribution in [1.29, 1.82) is 0 Å². The normalized spacial score (nSPS) is 11.2. The van der Waals surface area contributed by atoms with Crippen LogP contribution in [0, 0.1) is 0 Å². The zero-order valence-corrected chi connectivity index (χ0v) is 21.5. The van der Waals surface area contributed by atoms with Crippen LogP contribution in [0.1, 0.15) is 16.8 Å². The molecule has 0 bridgehead atoms. The third kappa shape index (κ3) is 6.58. The molecule has 0 unspecified atom stereocenters. The number of anilines is 1. The van der Waals surface area contributed by atoms with E-state index in [1.807, 2.05) is 50.5 Å². The number of carbonyl (C=O) groups is 1. The number of likely N-dealkylation sites (N-methyl/N-ethyl adjacent to an activating group) is 1. The molecule has 2 aromatic heterocycles. The van der Waals surface area contributed by atoms with Gasteiger partial charge in [0.05, 0.1) is 16.6 Å². The Bertz CT molecular complexity index is 1480. The molecule has 1 N–H and O–H groups in total. The first-order chi connectivity index (χ1) is 18.0. The molecular formula is C28H27N5O3S. The minimum Gasteiger partial charge on any atom is -0.492 e. The number of hydrogen-bond donors (Lipinski definition) is 1. The van der Waals surface area contributed by atoms with Crippen molar-refractivity contribution in [1.82, 2.24) is 20.1 Å². The molecule has 5 aromatic rings. The Morgan fingerprint density at radius 2 is 1.76 bits per heavy atom. The average Bonchev–Trinajstić information content (AvgIpc) is 3.51. The van der Waals surface area contributed by atoms with E-state index in [9.17, 15) is 4.79 Å². The summed E-state index contributed by atoms with van der Waals surface area (Å²) >= 11 is 1.60. The number of fused-ring (bicyclic) bond motifs is 1. The molecule has 0 saturated carbocycles. The van der Waals surface area contributed by atoms with E-state index in [4.69, 9.17) is 14.1 Å². The summed E-state index contributed by atoms with van der Waals surface area (Å²) in [4.78, 5) is 19.2. The summed E-state index contributed by atoms with van der Waals surface area (Å²) in [5.41, 5.74) is 3.94. The second-order valence-corrected chi connectivity index (χ2v) is 9.94. The van der Waals surface area contributed by atoms with E-state index >= 15 is 0 Å². The Labute approximate surface area is 218 Å². The summed E-state index contributed by atoms with van der Waals surface area (Å²) in [7, 11) is 3.99. The van der Waals surface area contributed by atoms with Crippen LogP contribution in [0.3, 0.4) is 0 Å². The monoisotopic (exact) mass is 513 g/mol. The van der Waals surface area contributed by atoms with Crippen LogP contribution in [0.4, 0.5) is 5.69 Å². The smallest absolute Gasteiger partial charge is 0.233 e. The van der Waals surface area contributed by atoms with Gasteiger partial charge in [0.2, 0.25) is 17.7 Å². The van der Waals surface area contributed by atoms with Gasteiger partial charge in [0.25, 0.3) is 0 Å². The molecule has 5 rings (SSSR count). The number of hydrogen-bond acceptors (Lipinski definition) is 8. The van der Waals surface area contributed by atoms with Gasteiger partial charge in [0.1, 0.15) is 23.8 Å². The molecule has 0 radical (unpaired) electrons. The highest BCUT2D eigenvalue weighted by atomic mass is 32.1. The second kappa shape index (κ2) is 11.3. The van der Waals surface area contributed by atoms with E-state index in [1.54, 1.807) is 23.5 Å². The molecule has 0 aliphatic heterocycles. The molecule has 37 heavy (non-hydrogen) atoms. The topological polar surface area (TPSA) is 93.4 Å². The molecule has 0 atom stereocenters. The molecule has 188 valence electrons. The lowest BCUT2D eigenvalue weighted by atomic mass is 10.1. The van der Waals surface area contributed by atoms with Crippen molar-refractivity contribution in [2.24, 2.45) is 0 Å². The third-order valence-corrected chi connectivity index (χ3v) is 6.63. The Morgan fingerprint density at radius 3 is 2.54 bits per heavy atom. The quantitative estimate of drug-likeness (QED) is 0.279. The Kier molecular flexibility index (Phi) is 7.53. The number of carbonyl (C=O) groups excluding carboxylic acids is 1. The van der Waals surface area contributed by atoms with Crippen LogP contribution in [-0.2, 0) is 17.6 Å². The summed E-state index contributed by atoms with van der Waals surface area (Å²) in [6.45, 7) is 1.43. The van der Waals surface area contributed by atoms with Crippen molar-refractivity contribution in [3.8, 4) is 16.9 Å². The predicted molar refractivity (Wildman–Crippen MR) is 145 cm³/mol. The zero-order chi connectivity index (χ0) is 25.6. The van der Waals surface area contributed by atoms with Gasteiger partial charge in [-0.15, -0.1) is 21.5 Å². The second-order valence-electron chi connectivity index (χ2n) is 8.82. The van der Waals surface area contributed by atoms with E-state index in [-0.39, 0.29) is 18.2 Å². The molecule has 0 aliphatic carbocycles. The highest BCUT2D eigenvalue weighted by Gasteiger charge is 2.14. The number of benzene rings is 3. The molecule has 8 nitrogen and oxygen atoms in total. The fourth-order valence-corrected chi connectivity index (χ4v) is 4.74. The molecule has 0 fully saturated rings. The van der Waals surface area contributed by atoms with Crippen LogP contribution in [0.25, 0.3) is 21.3 Å². The van der Waals surface area contributed by atoms with Crippen molar-refractivity contribution < 1.29 is 13.9 Å². The number of amides is 1. The fraction of sp³-hybridized carbons (Fsp3) is 0.214. The van der Waals surface area contributed by atoms with Crippen LogP contribution >= 0.6 is 11.3 Å². The van der Waals surface area contributed by atoms with Crippen LogP contribution < -0.4 is 10.1 Å². The lowest BCUT2D eigenvalue weighted by Crippen LogP contribution is -2.19. The average molecular weight is 514 g/mol. The molecule has 3 aromatic carbocycles. The predicted octanol–water partition coefficient (Wildman–Crippen LogP) is 5.06. The largest absolute Gasteiger partial charge is 0.492 e. The summed E-state index contributed by atoms with van der Waals surface area (Å²) in [6.07, 6.45) is 0.415. The lowest BCUT2D eigenvalue weighted by molar-refractivity contribution is -0.115. The van der Waals surface area contributed by atoms with Crippen molar-refractivity contribution in [3.63, 3.8) is 0 Å². The molecule has 1 amide bonds. The number of ether oxygens (including phenoxy) is 1. The Balaban J connectivity index is 1.16. The van der Waals surface area contributed by atoms with E-state index in [0.717, 1.165) is 33.1 Å². The Hall–Kier alpha value is -4.08. The van der Waals surface area contributed by atoms with Gasteiger partial charge >= 0.3 is 0 Å². The molecule has 0 aliphatic rings. The fourth-order valence-electron chi connectivity index (χ4n) is 3.74. The maximum atomic E-state index is 12.5. The third-order valence-electron chi connectivity index (χ3n) is 5.61. The van der Waals surface area contributed by atoms with Gasteiger partial charge in [-0.25, -0.2) is 4.98 Å². The summed E-state index contributed by atoms with van der Waals surface area (Å²) in [6, 6.07) is 23.8. The van der Waals surface area contributed by atoms with Crippen molar-refractivity contribution in [2.45, 2.75) is 12.8 Å². The minimum atomic E-state index is -0.232. The van der Waals surface area contributed by atoms with Gasteiger partial charge in [0.15, 0.2) is 0 Å². The summed E-state index contributed by atoms with van der Waals surface area (Å²) < 4.78 is 12.5. The molecule has 2 heterocycles. The van der Waals surface area contributed by atoms with Gasteiger partial charge < -0.3 is 19.4 Å². The van der Waals surface area contributed by atoms with E-state index in [1.165, 1.54) is 5.56 Å². The molecular weight excluding hydrogens is 486 g/mol. The number of rotatable bonds is 10. The van der Waals surface area contributed by atoms with Crippen LogP contribution in [0.5, 0.6) is 5.75 Å². The SMILES string of the molecule is CN(C)CCOc1ccc(NC(=O)Cc2nnc(Cc3nc4ccc(-c5ccccc5)cc4s3)o2)cc1. The van der Waals surface area contributed by atoms with Crippen LogP contribution in [0.2, 0.25) is 0 Å². The van der Waals surface area contributed by atoms with Gasteiger partial charge in [-0.3, -0.25) is 4.79 Å².